The van der Waals surface area contributed by atoms with Crippen LogP contribution >= 0.6 is 0 Å². The summed E-state index contributed by atoms with van der Waals surface area (Å²) < 4.78 is 10.4. The average Bonchev–Trinajstić information content (AvgIpc) is 2.66. The van der Waals surface area contributed by atoms with Gasteiger partial charge in [0.2, 0.25) is 11.8 Å². The van der Waals surface area contributed by atoms with Crippen molar-refractivity contribution in [1.82, 2.24) is 9.88 Å². The average molecular weight is 386 g/mol. The Hall–Kier alpha value is -2.93. The fraction of sp³-hybridized carbons (Fsp3) is 0.381. The quantitative estimate of drug-likeness (QED) is 0.713. The van der Waals surface area contributed by atoms with Crippen LogP contribution in [0.15, 0.2) is 30.5 Å². The van der Waals surface area contributed by atoms with Crippen LogP contribution in [0, 0.1) is 6.92 Å². The molecule has 0 atom stereocenters. The third kappa shape index (κ3) is 5.29. The molecule has 150 valence electrons. The Labute approximate surface area is 164 Å². The van der Waals surface area contributed by atoms with Gasteiger partial charge in [-0.15, -0.1) is 0 Å². The number of pyridine rings is 1. The Bertz CT molecular complexity index is 851. The van der Waals surface area contributed by atoms with Crippen molar-refractivity contribution in [2.75, 3.05) is 27.4 Å². The first-order chi connectivity index (χ1) is 13.4. The number of nitrogens with zero attached hydrogens (tertiary/aromatic N) is 2. The van der Waals surface area contributed by atoms with Gasteiger partial charge in [0, 0.05) is 32.0 Å². The van der Waals surface area contributed by atoms with Gasteiger partial charge in [0.15, 0.2) is 0 Å². The van der Waals surface area contributed by atoms with Crippen LogP contribution in [0.1, 0.15) is 23.6 Å². The van der Waals surface area contributed by atoms with E-state index in [4.69, 9.17) is 14.6 Å². The van der Waals surface area contributed by atoms with Crippen LogP contribution in [0.25, 0.3) is 11.1 Å². The first kappa shape index (κ1) is 21.4. The predicted octanol–water partition coefficient (Wildman–Crippen LogP) is 2.69. The number of likely N-dealkylation sites (N-methyl/N-ethyl adjacent to an activating group) is 1. The fourth-order valence-electron chi connectivity index (χ4n) is 3.04. The van der Waals surface area contributed by atoms with Crippen LogP contribution in [0.2, 0.25) is 0 Å². The number of aromatic nitrogens is 1. The molecule has 1 amide bonds. The summed E-state index contributed by atoms with van der Waals surface area (Å²) in [4.78, 5) is 29.4. The van der Waals surface area contributed by atoms with Crippen LogP contribution in [-0.2, 0) is 27.3 Å². The number of rotatable bonds is 9. The van der Waals surface area contributed by atoms with E-state index < -0.39 is 5.97 Å². The summed E-state index contributed by atoms with van der Waals surface area (Å²) in [7, 11) is 3.02. The van der Waals surface area contributed by atoms with Crippen molar-refractivity contribution in [2.45, 2.75) is 26.8 Å². The Morgan fingerprint density at radius 1 is 1.18 bits per heavy atom. The molecule has 2 aromatic rings. The minimum atomic E-state index is -0.927. The standard InChI is InChI=1S/C21H26N2O5/c1-5-23(19(24)13-27-3)12-16-8-14(2)6-7-17(16)18-9-15(10-20(25)26)11-22-21(18)28-4/h6-9,11H,5,10,12-13H2,1-4H3,(H,25,26). The second-order valence-electron chi connectivity index (χ2n) is 6.47. The molecule has 0 spiro atoms. The van der Waals surface area contributed by atoms with Gasteiger partial charge >= 0.3 is 5.97 Å². The molecular formula is C21H26N2O5. The maximum atomic E-state index is 12.3. The van der Waals surface area contributed by atoms with Crippen molar-refractivity contribution in [1.29, 1.82) is 0 Å². The summed E-state index contributed by atoms with van der Waals surface area (Å²) in [5.74, 6) is -0.614. The molecule has 1 aromatic carbocycles. The van der Waals surface area contributed by atoms with Gasteiger partial charge < -0.3 is 19.5 Å². The number of methoxy groups -OCH3 is 2. The van der Waals surface area contributed by atoms with E-state index in [0.717, 1.165) is 16.7 Å². The lowest BCUT2D eigenvalue weighted by atomic mass is 9.96. The number of hydrogen-bond acceptors (Lipinski definition) is 5. The normalized spacial score (nSPS) is 10.6. The molecule has 0 aliphatic heterocycles. The summed E-state index contributed by atoms with van der Waals surface area (Å²) >= 11 is 0. The maximum Gasteiger partial charge on any atom is 0.307 e. The molecule has 0 saturated heterocycles. The SMILES string of the molecule is CCN(Cc1cc(C)ccc1-c1cc(CC(=O)O)cnc1OC)C(=O)COC. The fourth-order valence-corrected chi connectivity index (χ4v) is 3.04. The predicted molar refractivity (Wildman–Crippen MR) is 105 cm³/mol. The number of aliphatic carboxylic acids is 1. The molecule has 1 N–H and O–H groups in total. The third-order valence-corrected chi connectivity index (χ3v) is 4.37. The summed E-state index contributed by atoms with van der Waals surface area (Å²) in [6.45, 7) is 4.87. The van der Waals surface area contributed by atoms with Crippen molar-refractivity contribution in [3.8, 4) is 17.0 Å². The lowest BCUT2D eigenvalue weighted by Gasteiger charge is -2.23. The van der Waals surface area contributed by atoms with E-state index in [1.54, 1.807) is 11.0 Å². The number of carbonyl (C=O) groups is 2. The molecule has 0 aliphatic carbocycles. The highest BCUT2D eigenvalue weighted by Gasteiger charge is 2.18. The molecule has 2 rings (SSSR count). The van der Waals surface area contributed by atoms with Crippen molar-refractivity contribution in [2.24, 2.45) is 0 Å². The van der Waals surface area contributed by atoms with Crippen molar-refractivity contribution >= 4 is 11.9 Å². The second-order valence-corrected chi connectivity index (χ2v) is 6.47. The Morgan fingerprint density at radius 2 is 1.93 bits per heavy atom. The first-order valence-electron chi connectivity index (χ1n) is 9.00. The molecule has 0 fully saturated rings. The highest BCUT2D eigenvalue weighted by molar-refractivity contribution is 5.79. The highest BCUT2D eigenvalue weighted by Crippen LogP contribution is 2.33. The van der Waals surface area contributed by atoms with Gasteiger partial charge in [-0.25, -0.2) is 4.98 Å². The van der Waals surface area contributed by atoms with E-state index in [2.05, 4.69) is 4.98 Å². The molecule has 0 bridgehead atoms. The van der Waals surface area contributed by atoms with E-state index in [0.29, 0.717) is 30.1 Å². The van der Waals surface area contributed by atoms with Gasteiger partial charge in [-0.05, 0) is 36.6 Å². The number of ether oxygens (including phenoxy) is 2. The minimum Gasteiger partial charge on any atom is -0.481 e. The Balaban J connectivity index is 2.51. The van der Waals surface area contributed by atoms with Crippen LogP contribution < -0.4 is 4.74 Å². The first-order valence-corrected chi connectivity index (χ1v) is 9.00. The van der Waals surface area contributed by atoms with Crippen LogP contribution in [0.3, 0.4) is 0 Å². The lowest BCUT2D eigenvalue weighted by Crippen LogP contribution is -2.33. The van der Waals surface area contributed by atoms with E-state index in [1.807, 2.05) is 32.0 Å². The summed E-state index contributed by atoms with van der Waals surface area (Å²) in [6.07, 6.45) is 1.38. The molecule has 7 nitrogen and oxygen atoms in total. The van der Waals surface area contributed by atoms with Crippen LogP contribution in [0.4, 0.5) is 0 Å². The molecule has 0 radical (unpaired) electrons. The topological polar surface area (TPSA) is 89.0 Å². The summed E-state index contributed by atoms with van der Waals surface area (Å²) in [5, 5.41) is 9.09. The number of benzene rings is 1. The van der Waals surface area contributed by atoms with E-state index in [1.165, 1.54) is 20.4 Å². The van der Waals surface area contributed by atoms with Crippen molar-refractivity contribution < 1.29 is 24.2 Å². The Kier molecular flexibility index (Phi) is 7.52. The Morgan fingerprint density at radius 3 is 2.54 bits per heavy atom. The zero-order valence-electron chi connectivity index (χ0n) is 16.7. The van der Waals surface area contributed by atoms with E-state index in [-0.39, 0.29) is 18.9 Å². The second kappa shape index (κ2) is 9.85. The van der Waals surface area contributed by atoms with Gasteiger partial charge in [0.25, 0.3) is 0 Å². The zero-order valence-corrected chi connectivity index (χ0v) is 16.7. The number of hydrogen-bond donors (Lipinski definition) is 1. The molecular weight excluding hydrogens is 360 g/mol. The van der Waals surface area contributed by atoms with Crippen molar-refractivity contribution in [3.05, 3.63) is 47.2 Å². The van der Waals surface area contributed by atoms with Crippen LogP contribution in [0.5, 0.6) is 5.88 Å². The largest absolute Gasteiger partial charge is 0.481 e. The van der Waals surface area contributed by atoms with Crippen molar-refractivity contribution in [3.63, 3.8) is 0 Å². The molecule has 0 saturated carbocycles. The van der Waals surface area contributed by atoms with E-state index in [9.17, 15) is 9.59 Å². The number of carbonyl (C=O) groups excluding carboxylic acids is 1. The lowest BCUT2D eigenvalue weighted by molar-refractivity contribution is -0.136. The van der Waals surface area contributed by atoms with Gasteiger partial charge in [-0.1, -0.05) is 23.8 Å². The molecule has 0 aliphatic rings. The van der Waals surface area contributed by atoms with Gasteiger partial charge in [0.1, 0.15) is 6.61 Å². The van der Waals surface area contributed by atoms with Crippen LogP contribution in [-0.4, -0.2) is 54.2 Å². The number of amides is 1. The smallest absolute Gasteiger partial charge is 0.307 e. The monoisotopic (exact) mass is 386 g/mol. The zero-order chi connectivity index (χ0) is 20.7. The number of carboxylic acids is 1. The third-order valence-electron chi connectivity index (χ3n) is 4.37. The van der Waals surface area contributed by atoms with Gasteiger partial charge in [-0.3, -0.25) is 9.59 Å². The summed E-state index contributed by atoms with van der Waals surface area (Å²) in [5.41, 5.74) is 4.12. The maximum absolute atomic E-state index is 12.3. The number of aryl methyl sites for hydroxylation is 1. The van der Waals surface area contributed by atoms with E-state index >= 15 is 0 Å². The molecule has 0 unspecified atom stereocenters. The number of carboxylic acid groups (broad SMARTS) is 1. The minimum absolute atomic E-state index is 0.0218. The highest BCUT2D eigenvalue weighted by atomic mass is 16.5. The molecule has 1 heterocycles. The van der Waals surface area contributed by atoms with Gasteiger partial charge in [-0.2, -0.15) is 0 Å². The summed E-state index contributed by atoms with van der Waals surface area (Å²) in [6, 6.07) is 7.71. The molecule has 7 heteroatoms. The van der Waals surface area contributed by atoms with Gasteiger partial charge in [0.05, 0.1) is 13.5 Å². The molecule has 28 heavy (non-hydrogen) atoms. The molecule has 1 aromatic heterocycles.